The molecule has 1 N–H and O–H groups in total. The Balaban J connectivity index is 1.84. The van der Waals surface area contributed by atoms with E-state index in [9.17, 15) is 0 Å². The Kier molecular flexibility index (Phi) is 2.84. The van der Waals surface area contributed by atoms with Crippen molar-refractivity contribution in [1.29, 1.82) is 0 Å². The molecule has 2 heterocycles. The second-order valence-corrected chi connectivity index (χ2v) is 4.00. The lowest BCUT2D eigenvalue weighted by molar-refractivity contribution is -0.0639. The predicted molar refractivity (Wildman–Crippen MR) is 51.8 cm³/mol. The number of hydrogen-bond acceptors (Lipinski definition) is 4. The van der Waals surface area contributed by atoms with Gasteiger partial charge in [0, 0.05) is 12.6 Å². The Hall–Kier alpha value is -0.870. The van der Waals surface area contributed by atoms with Crippen LogP contribution in [0.15, 0.2) is 16.8 Å². The van der Waals surface area contributed by atoms with Crippen LogP contribution < -0.4 is 5.32 Å². The molecule has 0 saturated carbocycles. The van der Waals surface area contributed by atoms with Gasteiger partial charge in [-0.15, -0.1) is 0 Å². The van der Waals surface area contributed by atoms with E-state index in [1.54, 1.807) is 6.20 Å². The summed E-state index contributed by atoms with van der Waals surface area (Å²) in [5.41, 5.74) is -0.0506. The van der Waals surface area contributed by atoms with Gasteiger partial charge in [0.2, 0.25) is 0 Å². The van der Waals surface area contributed by atoms with Gasteiger partial charge in [0.15, 0.2) is 5.76 Å². The fourth-order valence-corrected chi connectivity index (χ4v) is 1.71. The van der Waals surface area contributed by atoms with Crippen molar-refractivity contribution < 1.29 is 9.26 Å². The van der Waals surface area contributed by atoms with Gasteiger partial charge >= 0.3 is 0 Å². The zero-order chi connectivity index (χ0) is 9.86. The summed E-state index contributed by atoms with van der Waals surface area (Å²) in [5.74, 6) is 0.789. The number of piperidine rings is 1. The van der Waals surface area contributed by atoms with Gasteiger partial charge in [-0.1, -0.05) is 5.16 Å². The summed E-state index contributed by atoms with van der Waals surface area (Å²) in [6, 6.07) is 1.83. The number of hydrogen-bond donors (Lipinski definition) is 1. The van der Waals surface area contributed by atoms with E-state index in [4.69, 9.17) is 9.26 Å². The van der Waals surface area contributed by atoms with Gasteiger partial charge in [-0.2, -0.15) is 0 Å². The molecule has 2 rings (SSSR count). The Labute approximate surface area is 83.6 Å². The van der Waals surface area contributed by atoms with E-state index >= 15 is 0 Å². The van der Waals surface area contributed by atoms with Crippen molar-refractivity contribution in [3.8, 4) is 0 Å². The highest BCUT2D eigenvalue weighted by Crippen LogP contribution is 2.21. The third-order valence-corrected chi connectivity index (χ3v) is 2.61. The van der Waals surface area contributed by atoms with Crippen molar-refractivity contribution in [2.75, 3.05) is 13.1 Å². The van der Waals surface area contributed by atoms with Crippen molar-refractivity contribution in [2.45, 2.75) is 32.0 Å². The molecule has 1 atom stereocenters. The number of aromatic nitrogens is 1. The van der Waals surface area contributed by atoms with Crippen molar-refractivity contribution in [3.05, 3.63) is 18.0 Å². The van der Waals surface area contributed by atoms with E-state index in [1.165, 1.54) is 6.42 Å². The smallest absolute Gasteiger partial charge is 0.162 e. The lowest BCUT2D eigenvalue weighted by Crippen LogP contribution is -2.45. The molecule has 0 bridgehead atoms. The standard InChI is InChI=1S/C10H16N2O2/c1-10(4-2-5-11-8-10)13-7-9-3-6-12-14-9/h3,6,11H,2,4-5,7-8H2,1H3. The average molecular weight is 196 g/mol. The van der Waals surface area contributed by atoms with Gasteiger partial charge < -0.3 is 14.6 Å². The maximum absolute atomic E-state index is 5.82. The van der Waals surface area contributed by atoms with Crippen LogP contribution in [0.1, 0.15) is 25.5 Å². The molecule has 0 aromatic carbocycles. The summed E-state index contributed by atoms with van der Waals surface area (Å²) in [4.78, 5) is 0. The van der Waals surface area contributed by atoms with Gasteiger partial charge in [0.25, 0.3) is 0 Å². The van der Waals surface area contributed by atoms with Crippen molar-refractivity contribution >= 4 is 0 Å². The number of rotatable bonds is 3. The number of nitrogens with one attached hydrogen (secondary N) is 1. The van der Waals surface area contributed by atoms with Gasteiger partial charge in [0.05, 0.1) is 11.8 Å². The molecule has 1 aliphatic heterocycles. The summed E-state index contributed by atoms with van der Waals surface area (Å²) >= 11 is 0. The summed E-state index contributed by atoms with van der Waals surface area (Å²) in [7, 11) is 0. The normalized spacial score (nSPS) is 27.8. The Bertz CT molecular complexity index is 266. The first-order valence-corrected chi connectivity index (χ1v) is 5.03. The van der Waals surface area contributed by atoms with Gasteiger partial charge in [0.1, 0.15) is 6.61 Å². The lowest BCUT2D eigenvalue weighted by Gasteiger charge is -2.33. The third kappa shape index (κ3) is 2.33. The second-order valence-electron chi connectivity index (χ2n) is 4.00. The summed E-state index contributed by atoms with van der Waals surface area (Å²) in [6.45, 7) is 4.66. The van der Waals surface area contributed by atoms with Crippen LogP contribution in [0.5, 0.6) is 0 Å². The minimum absolute atomic E-state index is 0.0506. The van der Waals surface area contributed by atoms with Crippen molar-refractivity contribution in [3.63, 3.8) is 0 Å². The molecule has 14 heavy (non-hydrogen) atoms. The predicted octanol–water partition coefficient (Wildman–Crippen LogP) is 1.33. The van der Waals surface area contributed by atoms with E-state index in [2.05, 4.69) is 17.4 Å². The maximum atomic E-state index is 5.82. The topological polar surface area (TPSA) is 47.3 Å². The first-order valence-electron chi connectivity index (χ1n) is 5.03. The van der Waals surface area contributed by atoms with Crippen LogP contribution in [-0.2, 0) is 11.3 Å². The van der Waals surface area contributed by atoms with E-state index in [-0.39, 0.29) is 5.60 Å². The minimum Gasteiger partial charge on any atom is -0.366 e. The third-order valence-electron chi connectivity index (χ3n) is 2.61. The molecule has 1 aromatic heterocycles. The second kappa shape index (κ2) is 4.11. The molecule has 78 valence electrons. The van der Waals surface area contributed by atoms with E-state index in [0.29, 0.717) is 6.61 Å². The lowest BCUT2D eigenvalue weighted by atomic mass is 9.96. The van der Waals surface area contributed by atoms with Crippen molar-refractivity contribution in [1.82, 2.24) is 10.5 Å². The molecule has 4 heteroatoms. The first-order chi connectivity index (χ1) is 6.79. The van der Waals surface area contributed by atoms with Crippen molar-refractivity contribution in [2.24, 2.45) is 0 Å². The molecule has 0 aliphatic carbocycles. The monoisotopic (exact) mass is 196 g/mol. The van der Waals surface area contributed by atoms with Crippen LogP contribution in [-0.4, -0.2) is 23.8 Å². The SMILES string of the molecule is CC1(OCc2ccno2)CCCNC1. The molecule has 4 nitrogen and oxygen atoms in total. The van der Waals surface area contributed by atoms with Crippen LogP contribution >= 0.6 is 0 Å². The van der Waals surface area contributed by atoms with Crippen LogP contribution in [0, 0.1) is 0 Å². The molecule has 0 radical (unpaired) electrons. The number of ether oxygens (including phenoxy) is 1. The summed E-state index contributed by atoms with van der Waals surface area (Å²) < 4.78 is 10.8. The van der Waals surface area contributed by atoms with Gasteiger partial charge in [-0.3, -0.25) is 0 Å². The van der Waals surface area contributed by atoms with Gasteiger partial charge in [-0.25, -0.2) is 0 Å². The first kappa shape index (κ1) is 9.68. The van der Waals surface area contributed by atoms with Crippen LogP contribution in [0.2, 0.25) is 0 Å². The average Bonchev–Trinajstić information content (AvgIpc) is 2.69. The van der Waals surface area contributed by atoms with Gasteiger partial charge in [-0.05, 0) is 26.3 Å². The summed E-state index contributed by atoms with van der Waals surface area (Å²) in [6.07, 6.45) is 3.92. The molecular weight excluding hydrogens is 180 g/mol. The highest BCUT2D eigenvalue weighted by Gasteiger charge is 2.27. The zero-order valence-electron chi connectivity index (χ0n) is 8.45. The molecule has 1 unspecified atom stereocenters. The molecule has 0 spiro atoms. The van der Waals surface area contributed by atoms with Crippen LogP contribution in [0.25, 0.3) is 0 Å². The molecular formula is C10H16N2O2. The molecule has 1 aromatic rings. The zero-order valence-corrected chi connectivity index (χ0v) is 8.45. The Morgan fingerprint density at radius 3 is 3.29 bits per heavy atom. The minimum atomic E-state index is -0.0506. The highest BCUT2D eigenvalue weighted by atomic mass is 16.5. The molecule has 0 amide bonds. The maximum Gasteiger partial charge on any atom is 0.162 e. The van der Waals surface area contributed by atoms with Crippen LogP contribution in [0.4, 0.5) is 0 Å². The number of nitrogens with zero attached hydrogens (tertiary/aromatic N) is 1. The Morgan fingerprint density at radius 1 is 1.71 bits per heavy atom. The highest BCUT2D eigenvalue weighted by molar-refractivity contribution is 4.92. The van der Waals surface area contributed by atoms with Crippen LogP contribution in [0.3, 0.4) is 0 Å². The van der Waals surface area contributed by atoms with E-state index < -0.39 is 0 Å². The quantitative estimate of drug-likeness (QED) is 0.792. The molecule has 1 fully saturated rings. The Morgan fingerprint density at radius 2 is 2.64 bits per heavy atom. The van der Waals surface area contributed by atoms with E-state index in [1.807, 2.05) is 6.07 Å². The van der Waals surface area contributed by atoms with E-state index in [0.717, 1.165) is 25.3 Å². The fourth-order valence-electron chi connectivity index (χ4n) is 1.71. The fraction of sp³-hybridized carbons (Fsp3) is 0.700. The molecule has 1 saturated heterocycles. The largest absolute Gasteiger partial charge is 0.366 e. The molecule has 1 aliphatic rings. The summed E-state index contributed by atoms with van der Waals surface area (Å²) in [5, 5.41) is 6.97.